The Labute approximate surface area is 83.5 Å². The van der Waals surface area contributed by atoms with E-state index in [4.69, 9.17) is 0 Å². The maximum Gasteiger partial charge on any atom is 0.321 e. The van der Waals surface area contributed by atoms with Gasteiger partial charge in [-0.1, -0.05) is 6.92 Å². The fraction of sp³-hybridized carbons (Fsp3) is 0.556. The number of carbonyl (C=O) groups excluding carboxylic acids is 1. The zero-order valence-corrected chi connectivity index (χ0v) is 8.79. The maximum absolute atomic E-state index is 11.2. The molecule has 1 aromatic heterocycles. The van der Waals surface area contributed by atoms with Crippen molar-refractivity contribution < 1.29 is 4.79 Å². The Balaban J connectivity index is 2.67. The van der Waals surface area contributed by atoms with Crippen molar-refractivity contribution in [3.05, 3.63) is 11.9 Å². The Bertz CT molecular complexity index is 319. The number of nitrogens with one attached hydrogen (secondary N) is 2. The number of hydrogen-bond acceptors (Lipinski definition) is 2. The summed E-state index contributed by atoms with van der Waals surface area (Å²) in [6.07, 6.45) is 2.67. The molecule has 0 aliphatic rings. The van der Waals surface area contributed by atoms with E-state index in [9.17, 15) is 4.79 Å². The molecular weight excluding hydrogens is 180 g/mol. The van der Waals surface area contributed by atoms with E-state index >= 15 is 0 Å². The number of hydrogen-bond donors (Lipinski definition) is 2. The summed E-state index contributed by atoms with van der Waals surface area (Å²) in [5.74, 6) is 0.577. The first-order chi connectivity index (χ1) is 6.69. The summed E-state index contributed by atoms with van der Waals surface area (Å²) < 4.78 is 1.87. The smallest absolute Gasteiger partial charge is 0.321 e. The molecule has 0 radical (unpaired) electrons. The average Bonchev–Trinajstić information content (AvgIpc) is 2.48. The number of urea groups is 1. The topological polar surface area (TPSA) is 59.0 Å². The predicted molar refractivity (Wildman–Crippen MR) is 55.3 cm³/mol. The highest BCUT2D eigenvalue weighted by molar-refractivity contribution is 5.87. The fourth-order valence-electron chi connectivity index (χ4n) is 1.20. The van der Waals surface area contributed by atoms with Gasteiger partial charge in [0.25, 0.3) is 0 Å². The van der Waals surface area contributed by atoms with Crippen molar-refractivity contribution in [1.29, 1.82) is 0 Å². The van der Waals surface area contributed by atoms with Gasteiger partial charge in [-0.2, -0.15) is 0 Å². The maximum atomic E-state index is 11.2. The lowest BCUT2D eigenvalue weighted by Gasteiger charge is -2.06. The lowest BCUT2D eigenvalue weighted by molar-refractivity contribution is 0.252. The Morgan fingerprint density at radius 2 is 2.29 bits per heavy atom. The SMILES string of the molecule is CCNC(=O)Nc1ncc(CC)n1C. The molecule has 0 bridgehead atoms. The normalized spacial score (nSPS) is 9.93. The van der Waals surface area contributed by atoms with Gasteiger partial charge in [0, 0.05) is 19.3 Å². The Morgan fingerprint density at radius 3 is 2.79 bits per heavy atom. The molecule has 1 heterocycles. The molecule has 0 saturated carbocycles. The number of anilines is 1. The number of aryl methyl sites for hydroxylation is 1. The van der Waals surface area contributed by atoms with Crippen LogP contribution in [0.4, 0.5) is 10.7 Å². The summed E-state index contributed by atoms with van der Waals surface area (Å²) in [6.45, 7) is 4.53. The second-order valence-electron chi connectivity index (χ2n) is 2.97. The van der Waals surface area contributed by atoms with Gasteiger partial charge in [-0.3, -0.25) is 5.32 Å². The van der Waals surface area contributed by atoms with Crippen molar-refractivity contribution >= 4 is 12.0 Å². The number of amides is 2. The van der Waals surface area contributed by atoms with Crippen LogP contribution in [0.1, 0.15) is 19.5 Å². The molecular formula is C9H16N4O. The van der Waals surface area contributed by atoms with E-state index in [-0.39, 0.29) is 6.03 Å². The Hall–Kier alpha value is -1.52. The van der Waals surface area contributed by atoms with Gasteiger partial charge < -0.3 is 9.88 Å². The second-order valence-corrected chi connectivity index (χ2v) is 2.97. The van der Waals surface area contributed by atoms with Gasteiger partial charge in [-0.25, -0.2) is 9.78 Å². The molecule has 0 fully saturated rings. The van der Waals surface area contributed by atoms with Crippen molar-refractivity contribution in [3.63, 3.8) is 0 Å². The van der Waals surface area contributed by atoms with Crippen molar-refractivity contribution in [1.82, 2.24) is 14.9 Å². The predicted octanol–water partition coefficient (Wildman–Crippen LogP) is 1.12. The van der Waals surface area contributed by atoms with Crippen molar-refractivity contribution in [2.45, 2.75) is 20.3 Å². The van der Waals surface area contributed by atoms with Gasteiger partial charge in [0.1, 0.15) is 0 Å². The highest BCUT2D eigenvalue weighted by Gasteiger charge is 2.07. The van der Waals surface area contributed by atoms with E-state index in [1.807, 2.05) is 25.5 Å². The van der Waals surface area contributed by atoms with Crippen LogP contribution in [0.3, 0.4) is 0 Å². The molecule has 2 amide bonds. The first kappa shape index (κ1) is 10.6. The van der Waals surface area contributed by atoms with Gasteiger partial charge in [0.2, 0.25) is 5.95 Å². The molecule has 0 spiro atoms. The molecule has 14 heavy (non-hydrogen) atoms. The minimum Gasteiger partial charge on any atom is -0.338 e. The van der Waals surface area contributed by atoms with Crippen LogP contribution in [0, 0.1) is 0 Å². The van der Waals surface area contributed by atoms with E-state index in [1.165, 1.54) is 0 Å². The quantitative estimate of drug-likeness (QED) is 0.761. The number of rotatable bonds is 3. The van der Waals surface area contributed by atoms with E-state index in [2.05, 4.69) is 15.6 Å². The molecule has 1 rings (SSSR count). The number of imidazole rings is 1. The largest absolute Gasteiger partial charge is 0.338 e. The van der Waals surface area contributed by atoms with Crippen LogP contribution in [0.5, 0.6) is 0 Å². The van der Waals surface area contributed by atoms with Crippen LogP contribution in [-0.2, 0) is 13.5 Å². The third-order valence-electron chi connectivity index (χ3n) is 2.01. The lowest BCUT2D eigenvalue weighted by Crippen LogP contribution is -2.29. The van der Waals surface area contributed by atoms with Crippen LogP contribution >= 0.6 is 0 Å². The highest BCUT2D eigenvalue weighted by atomic mass is 16.2. The van der Waals surface area contributed by atoms with Gasteiger partial charge in [0.15, 0.2) is 0 Å². The molecule has 0 saturated heterocycles. The molecule has 2 N–H and O–H groups in total. The lowest BCUT2D eigenvalue weighted by atomic mass is 10.4. The number of nitrogens with zero attached hydrogens (tertiary/aromatic N) is 2. The van der Waals surface area contributed by atoms with Gasteiger partial charge in [-0.15, -0.1) is 0 Å². The third kappa shape index (κ3) is 2.25. The van der Waals surface area contributed by atoms with Gasteiger partial charge >= 0.3 is 6.03 Å². The van der Waals surface area contributed by atoms with E-state index in [1.54, 1.807) is 6.20 Å². The average molecular weight is 196 g/mol. The molecule has 0 aromatic carbocycles. The van der Waals surface area contributed by atoms with E-state index in [0.29, 0.717) is 12.5 Å². The minimum absolute atomic E-state index is 0.219. The first-order valence-corrected chi connectivity index (χ1v) is 4.74. The van der Waals surface area contributed by atoms with Crippen LogP contribution < -0.4 is 10.6 Å². The van der Waals surface area contributed by atoms with Crippen LogP contribution in [0.25, 0.3) is 0 Å². The molecule has 78 valence electrons. The van der Waals surface area contributed by atoms with Gasteiger partial charge in [-0.05, 0) is 13.3 Å². The molecule has 0 aliphatic carbocycles. The second kappa shape index (κ2) is 4.64. The Morgan fingerprint density at radius 1 is 1.57 bits per heavy atom. The standard InChI is InChI=1S/C9H16N4O/c1-4-7-6-11-8(13(7)3)12-9(14)10-5-2/h6H,4-5H2,1-3H3,(H2,10,11,12,14). The molecule has 0 unspecified atom stereocenters. The Kier molecular flexibility index (Phi) is 3.50. The summed E-state index contributed by atoms with van der Waals surface area (Å²) in [7, 11) is 1.88. The van der Waals surface area contributed by atoms with Crippen LogP contribution in [-0.4, -0.2) is 22.1 Å². The van der Waals surface area contributed by atoms with Crippen molar-refractivity contribution in [3.8, 4) is 0 Å². The molecule has 5 nitrogen and oxygen atoms in total. The summed E-state index contributed by atoms with van der Waals surface area (Å²) in [5, 5.41) is 5.31. The van der Waals surface area contributed by atoms with Gasteiger partial charge in [0.05, 0.1) is 6.20 Å². The number of aromatic nitrogens is 2. The molecule has 0 atom stereocenters. The molecule has 5 heteroatoms. The van der Waals surface area contributed by atoms with Crippen LogP contribution in [0.2, 0.25) is 0 Å². The number of carbonyl (C=O) groups is 1. The molecule has 0 aliphatic heterocycles. The summed E-state index contributed by atoms with van der Waals surface area (Å²) >= 11 is 0. The molecule has 1 aromatic rings. The summed E-state index contributed by atoms with van der Waals surface area (Å²) in [6, 6.07) is -0.219. The first-order valence-electron chi connectivity index (χ1n) is 4.74. The summed E-state index contributed by atoms with van der Waals surface area (Å²) in [4.78, 5) is 15.3. The minimum atomic E-state index is -0.219. The zero-order chi connectivity index (χ0) is 10.6. The zero-order valence-electron chi connectivity index (χ0n) is 8.79. The fourth-order valence-corrected chi connectivity index (χ4v) is 1.20. The summed E-state index contributed by atoms with van der Waals surface area (Å²) in [5.41, 5.74) is 1.09. The van der Waals surface area contributed by atoms with Crippen molar-refractivity contribution in [2.24, 2.45) is 7.05 Å². The van der Waals surface area contributed by atoms with E-state index < -0.39 is 0 Å². The third-order valence-corrected chi connectivity index (χ3v) is 2.01. The monoisotopic (exact) mass is 196 g/mol. The highest BCUT2D eigenvalue weighted by Crippen LogP contribution is 2.07. The van der Waals surface area contributed by atoms with Crippen molar-refractivity contribution in [2.75, 3.05) is 11.9 Å². The van der Waals surface area contributed by atoms with E-state index in [0.717, 1.165) is 12.1 Å². The van der Waals surface area contributed by atoms with Crippen LogP contribution in [0.15, 0.2) is 6.20 Å².